The Morgan fingerprint density at radius 2 is 2.35 bits per heavy atom. The lowest BCUT2D eigenvalue weighted by Crippen LogP contribution is -2.38. The molecule has 0 N–H and O–H groups in total. The first kappa shape index (κ1) is 12.8. The predicted molar refractivity (Wildman–Crippen MR) is 73.1 cm³/mol. The lowest BCUT2D eigenvalue weighted by atomic mass is 10.2. The maximum Gasteiger partial charge on any atom is 0.272 e. The van der Waals surface area contributed by atoms with Crippen LogP contribution in [0.5, 0.6) is 0 Å². The van der Waals surface area contributed by atoms with Crippen LogP contribution in [0, 0.1) is 6.92 Å². The van der Waals surface area contributed by atoms with E-state index in [4.69, 9.17) is 0 Å². The quantitative estimate of drug-likeness (QED) is 0.843. The van der Waals surface area contributed by atoms with Gasteiger partial charge in [0.15, 0.2) is 0 Å². The monoisotopic (exact) mass is 271 g/mol. The van der Waals surface area contributed by atoms with Crippen molar-refractivity contribution in [1.29, 1.82) is 0 Å². The van der Waals surface area contributed by atoms with Crippen LogP contribution in [0.1, 0.15) is 29.2 Å². The molecule has 3 rings (SSSR count). The van der Waals surface area contributed by atoms with Gasteiger partial charge in [-0.3, -0.25) is 9.48 Å². The molecule has 1 aliphatic heterocycles. The first-order chi connectivity index (χ1) is 9.74. The Morgan fingerprint density at radius 1 is 1.45 bits per heavy atom. The lowest BCUT2D eigenvalue weighted by molar-refractivity contribution is 0.0715. The highest BCUT2D eigenvalue weighted by Gasteiger charge is 2.30. The van der Waals surface area contributed by atoms with Crippen molar-refractivity contribution in [1.82, 2.24) is 24.6 Å². The molecule has 104 valence electrons. The molecule has 1 amide bonds. The van der Waals surface area contributed by atoms with Crippen molar-refractivity contribution in [2.45, 2.75) is 32.4 Å². The Hall–Kier alpha value is -2.24. The van der Waals surface area contributed by atoms with E-state index in [0.717, 1.165) is 25.9 Å². The molecule has 0 aliphatic carbocycles. The molecule has 2 aromatic rings. The third-order valence-corrected chi connectivity index (χ3v) is 3.59. The highest BCUT2D eigenvalue weighted by atomic mass is 16.2. The van der Waals surface area contributed by atoms with E-state index in [1.807, 2.05) is 21.8 Å². The number of nitrogens with zero attached hydrogens (tertiary/aromatic N) is 5. The summed E-state index contributed by atoms with van der Waals surface area (Å²) in [7, 11) is 0. The van der Waals surface area contributed by atoms with Crippen molar-refractivity contribution in [3.63, 3.8) is 0 Å². The second-order valence-corrected chi connectivity index (χ2v) is 5.01. The third kappa shape index (κ3) is 2.54. The third-order valence-electron chi connectivity index (χ3n) is 3.59. The van der Waals surface area contributed by atoms with Crippen molar-refractivity contribution < 1.29 is 4.79 Å². The first-order valence-electron chi connectivity index (χ1n) is 6.82. The molecule has 1 saturated heterocycles. The minimum Gasteiger partial charge on any atom is -0.332 e. The Balaban J connectivity index is 1.76. The van der Waals surface area contributed by atoms with Gasteiger partial charge in [-0.2, -0.15) is 5.10 Å². The second-order valence-electron chi connectivity index (χ2n) is 5.01. The fraction of sp³-hybridized carbons (Fsp3) is 0.429. The van der Waals surface area contributed by atoms with Crippen LogP contribution in [0.2, 0.25) is 0 Å². The van der Waals surface area contributed by atoms with Gasteiger partial charge in [-0.1, -0.05) is 0 Å². The smallest absolute Gasteiger partial charge is 0.272 e. The Labute approximate surface area is 117 Å². The molecule has 0 saturated carbocycles. The van der Waals surface area contributed by atoms with Crippen molar-refractivity contribution >= 4 is 5.91 Å². The average Bonchev–Trinajstić information content (AvgIpc) is 3.10. The number of aryl methyl sites for hydroxylation is 1. The van der Waals surface area contributed by atoms with E-state index in [0.29, 0.717) is 11.5 Å². The van der Waals surface area contributed by atoms with E-state index in [2.05, 4.69) is 15.1 Å². The highest BCUT2D eigenvalue weighted by Crippen LogP contribution is 2.20. The van der Waals surface area contributed by atoms with Gasteiger partial charge in [0.1, 0.15) is 11.5 Å². The molecule has 1 aliphatic rings. The van der Waals surface area contributed by atoms with Crippen LogP contribution in [-0.2, 0) is 6.54 Å². The van der Waals surface area contributed by atoms with Gasteiger partial charge in [-0.05, 0) is 31.9 Å². The number of hydrogen-bond donors (Lipinski definition) is 0. The van der Waals surface area contributed by atoms with Crippen molar-refractivity contribution in [3.05, 3.63) is 42.2 Å². The summed E-state index contributed by atoms with van der Waals surface area (Å²) >= 11 is 0. The summed E-state index contributed by atoms with van der Waals surface area (Å²) in [6.45, 7) is 3.32. The molecule has 20 heavy (non-hydrogen) atoms. The molecule has 0 spiro atoms. The minimum absolute atomic E-state index is 0.00911. The average molecular weight is 271 g/mol. The molecule has 0 radical (unpaired) electrons. The molecule has 0 aromatic carbocycles. The molecule has 3 heterocycles. The zero-order chi connectivity index (χ0) is 13.9. The summed E-state index contributed by atoms with van der Waals surface area (Å²) in [5.41, 5.74) is 0.477. The van der Waals surface area contributed by atoms with E-state index >= 15 is 0 Å². The summed E-state index contributed by atoms with van der Waals surface area (Å²) in [5, 5.41) is 4.21. The van der Waals surface area contributed by atoms with E-state index < -0.39 is 0 Å². The molecular formula is C14H17N5O. The van der Waals surface area contributed by atoms with Gasteiger partial charge < -0.3 is 4.90 Å². The van der Waals surface area contributed by atoms with Crippen LogP contribution in [0.25, 0.3) is 0 Å². The zero-order valence-electron chi connectivity index (χ0n) is 11.4. The van der Waals surface area contributed by atoms with Crippen LogP contribution in [-0.4, -0.2) is 43.1 Å². The summed E-state index contributed by atoms with van der Waals surface area (Å²) in [5.74, 6) is 0.615. The standard InChI is InChI=1S/C14H17N5O/c1-11-15-7-5-13(17-11)14(20)19-9-2-4-12(19)10-18-8-3-6-16-18/h3,5-8,12H,2,4,9-10H2,1H3. The minimum atomic E-state index is -0.00911. The summed E-state index contributed by atoms with van der Waals surface area (Å²) in [6.07, 6.45) is 7.36. The fourth-order valence-corrected chi connectivity index (χ4v) is 2.64. The van der Waals surface area contributed by atoms with E-state index in [9.17, 15) is 4.79 Å². The van der Waals surface area contributed by atoms with Crippen molar-refractivity contribution in [2.24, 2.45) is 0 Å². The second kappa shape index (κ2) is 5.40. The molecule has 6 nitrogen and oxygen atoms in total. The number of hydrogen-bond acceptors (Lipinski definition) is 4. The van der Waals surface area contributed by atoms with Crippen LogP contribution in [0.15, 0.2) is 30.7 Å². The topological polar surface area (TPSA) is 63.9 Å². The zero-order valence-corrected chi connectivity index (χ0v) is 11.4. The molecule has 6 heteroatoms. The van der Waals surface area contributed by atoms with E-state index in [1.54, 1.807) is 25.4 Å². The van der Waals surface area contributed by atoms with Crippen LogP contribution >= 0.6 is 0 Å². The number of carbonyl (C=O) groups is 1. The normalized spacial score (nSPS) is 18.4. The molecule has 1 atom stereocenters. The number of rotatable bonds is 3. The molecule has 2 aromatic heterocycles. The van der Waals surface area contributed by atoms with Crippen LogP contribution in [0.4, 0.5) is 0 Å². The summed E-state index contributed by atoms with van der Waals surface area (Å²) < 4.78 is 1.88. The van der Waals surface area contributed by atoms with E-state index in [1.165, 1.54) is 0 Å². The lowest BCUT2D eigenvalue weighted by Gasteiger charge is -2.24. The molecular weight excluding hydrogens is 254 g/mol. The van der Waals surface area contributed by atoms with Crippen molar-refractivity contribution in [2.75, 3.05) is 6.54 Å². The number of amides is 1. The molecule has 1 unspecified atom stereocenters. The largest absolute Gasteiger partial charge is 0.332 e. The van der Waals surface area contributed by atoms with Crippen molar-refractivity contribution in [3.8, 4) is 0 Å². The molecule has 0 bridgehead atoms. The van der Waals surface area contributed by atoms with Gasteiger partial charge >= 0.3 is 0 Å². The fourth-order valence-electron chi connectivity index (χ4n) is 2.64. The Bertz CT molecular complexity index is 595. The van der Waals surface area contributed by atoms with Gasteiger partial charge in [0.2, 0.25) is 0 Å². The van der Waals surface area contributed by atoms with Gasteiger partial charge in [0, 0.05) is 25.1 Å². The van der Waals surface area contributed by atoms with Gasteiger partial charge in [-0.25, -0.2) is 9.97 Å². The summed E-state index contributed by atoms with van der Waals surface area (Å²) in [6, 6.07) is 3.77. The first-order valence-corrected chi connectivity index (χ1v) is 6.82. The Morgan fingerprint density at radius 3 is 3.10 bits per heavy atom. The van der Waals surface area contributed by atoms with Gasteiger partial charge in [0.25, 0.3) is 5.91 Å². The van der Waals surface area contributed by atoms with Crippen LogP contribution in [0.3, 0.4) is 0 Å². The maximum atomic E-state index is 12.5. The number of likely N-dealkylation sites (tertiary alicyclic amines) is 1. The highest BCUT2D eigenvalue weighted by molar-refractivity contribution is 5.92. The predicted octanol–water partition coefficient (Wildman–Crippen LogP) is 1.29. The summed E-state index contributed by atoms with van der Waals surface area (Å²) in [4.78, 5) is 22.7. The number of aromatic nitrogens is 4. The maximum absolute atomic E-state index is 12.5. The number of carbonyl (C=O) groups excluding carboxylic acids is 1. The Kier molecular flexibility index (Phi) is 3.45. The van der Waals surface area contributed by atoms with Gasteiger partial charge in [-0.15, -0.1) is 0 Å². The van der Waals surface area contributed by atoms with Gasteiger partial charge in [0.05, 0.1) is 12.6 Å². The van der Waals surface area contributed by atoms with E-state index in [-0.39, 0.29) is 11.9 Å². The molecule has 1 fully saturated rings. The van der Waals surface area contributed by atoms with Crippen LogP contribution < -0.4 is 0 Å². The SMILES string of the molecule is Cc1nccc(C(=O)N2CCCC2Cn2cccn2)n1.